The van der Waals surface area contributed by atoms with E-state index in [1.54, 1.807) is 13.0 Å². The highest BCUT2D eigenvalue weighted by Crippen LogP contribution is 2.76. The zero-order valence-corrected chi connectivity index (χ0v) is 35.6. The fraction of sp³-hybridized carbons (Fsp3) is 0.902. The van der Waals surface area contributed by atoms with Crippen molar-refractivity contribution in [2.75, 3.05) is 6.61 Å². The number of allylic oxidation sites excluding steroid dienone is 2. The first-order chi connectivity index (χ1) is 26.8. The zero-order chi connectivity index (χ0) is 42.8. The Kier molecular flexibility index (Phi) is 11.3. The molecule has 16 nitrogen and oxygen atoms in total. The predicted octanol–water partition coefficient (Wildman–Crippen LogP) is 2.17. The summed E-state index contributed by atoms with van der Waals surface area (Å²) in [6.45, 7) is 15.2. The van der Waals surface area contributed by atoms with E-state index in [1.165, 1.54) is 6.92 Å². The van der Waals surface area contributed by atoms with Gasteiger partial charge in [-0.05, 0) is 99.9 Å². The van der Waals surface area contributed by atoms with Gasteiger partial charge in [-0.2, -0.15) is 0 Å². The molecule has 330 valence electrons. The molecule has 1 spiro atoms. The molecule has 7 aliphatic rings. The summed E-state index contributed by atoms with van der Waals surface area (Å²) in [5.41, 5.74) is -5.57. The first-order valence-corrected chi connectivity index (χ1v) is 22.3. The summed E-state index contributed by atoms with van der Waals surface area (Å²) in [4.78, 5) is 29.1. The Bertz CT molecular complexity index is 1770. The molecule has 0 aromatic carbocycles. The van der Waals surface area contributed by atoms with Crippen LogP contribution in [0.3, 0.4) is 0 Å². The molecule has 4 aliphatic carbocycles. The molecule has 3 aliphatic heterocycles. The second-order valence-electron chi connectivity index (χ2n) is 20.0. The zero-order valence-electron chi connectivity index (χ0n) is 34.8. The highest BCUT2D eigenvalue weighted by atomic mass is 32.3. The largest absolute Gasteiger partial charge is 0.726 e. The van der Waals surface area contributed by atoms with Crippen LogP contribution in [0.5, 0.6) is 0 Å². The molecule has 0 unspecified atom stereocenters. The minimum atomic E-state index is -5.29. The third-order valence-electron chi connectivity index (χ3n) is 16.1. The van der Waals surface area contributed by atoms with Gasteiger partial charge in [-0.1, -0.05) is 53.5 Å². The van der Waals surface area contributed by atoms with Gasteiger partial charge in [0.05, 0.1) is 18.8 Å². The van der Waals surface area contributed by atoms with Gasteiger partial charge in [-0.25, -0.2) is 8.42 Å². The van der Waals surface area contributed by atoms with Crippen molar-refractivity contribution in [1.29, 1.82) is 0 Å². The summed E-state index contributed by atoms with van der Waals surface area (Å²) in [7, 11) is -5.29. The van der Waals surface area contributed by atoms with Crippen molar-refractivity contribution in [1.82, 2.24) is 0 Å². The molecular weight excluding hydrogens is 781 g/mol. The first-order valence-electron chi connectivity index (χ1n) is 21.0. The second-order valence-corrected chi connectivity index (χ2v) is 21.0. The van der Waals surface area contributed by atoms with E-state index in [4.69, 9.17) is 23.7 Å². The van der Waals surface area contributed by atoms with Gasteiger partial charge in [-0.3, -0.25) is 13.8 Å². The number of ether oxygens (including phenoxy) is 5. The number of aliphatic hydroxyl groups excluding tert-OH is 4. The number of aliphatic hydroxyl groups is 5. The number of carbonyl (C=O) groups excluding carboxylic acids is 2. The van der Waals surface area contributed by atoms with Crippen LogP contribution in [-0.2, 0) is 47.9 Å². The van der Waals surface area contributed by atoms with E-state index >= 15 is 0 Å². The Morgan fingerprint density at radius 2 is 1.60 bits per heavy atom. The second kappa shape index (κ2) is 14.8. The van der Waals surface area contributed by atoms with Gasteiger partial charge in [-0.15, -0.1) is 0 Å². The van der Waals surface area contributed by atoms with Gasteiger partial charge >= 0.3 is 5.97 Å². The molecule has 6 fully saturated rings. The molecule has 5 N–H and O–H groups in total. The molecule has 0 aromatic rings. The van der Waals surface area contributed by atoms with Crippen LogP contribution in [0.4, 0.5) is 0 Å². The van der Waals surface area contributed by atoms with Gasteiger partial charge in [0, 0.05) is 5.41 Å². The first kappa shape index (κ1) is 44.4. The van der Waals surface area contributed by atoms with Crippen LogP contribution < -0.4 is 0 Å². The predicted molar refractivity (Wildman–Crippen MR) is 201 cm³/mol. The minimum absolute atomic E-state index is 0.0561. The summed E-state index contributed by atoms with van der Waals surface area (Å²) < 4.78 is 69.4. The van der Waals surface area contributed by atoms with Gasteiger partial charge in [0.25, 0.3) is 0 Å². The van der Waals surface area contributed by atoms with Crippen LogP contribution >= 0.6 is 0 Å². The summed E-state index contributed by atoms with van der Waals surface area (Å²) in [6.07, 6.45) is -7.65. The number of fused-ring (bicyclic) bond motifs is 4. The number of rotatable bonds is 10. The molecule has 0 aromatic heterocycles. The van der Waals surface area contributed by atoms with Crippen LogP contribution in [-0.4, -0.2) is 129 Å². The Balaban J connectivity index is 1.15. The maximum absolute atomic E-state index is 14.8. The monoisotopic (exact) mass is 843 g/mol. The topological polar surface area (TPSA) is 248 Å². The highest BCUT2D eigenvalue weighted by molar-refractivity contribution is 7.80. The Hall–Kier alpha value is -1.61. The number of hydrogen-bond donors (Lipinski definition) is 5. The van der Waals surface area contributed by atoms with Crippen LogP contribution in [0, 0.1) is 39.4 Å². The fourth-order valence-electron chi connectivity index (χ4n) is 12.9. The van der Waals surface area contributed by atoms with Crippen LogP contribution in [0.25, 0.3) is 0 Å². The summed E-state index contributed by atoms with van der Waals surface area (Å²) in [5, 5.41) is 55.4. The number of ketones is 1. The number of carbonyl (C=O) groups is 2. The smallest absolute Gasteiger partial charge is 0.324 e. The van der Waals surface area contributed by atoms with Crippen molar-refractivity contribution in [3.8, 4) is 0 Å². The van der Waals surface area contributed by atoms with E-state index in [9.17, 15) is 48.1 Å². The van der Waals surface area contributed by atoms with Crippen molar-refractivity contribution in [3.63, 3.8) is 0 Å². The molecule has 0 radical (unpaired) electrons. The quantitative estimate of drug-likeness (QED) is 0.0695. The van der Waals surface area contributed by atoms with E-state index < -0.39 is 123 Å². The van der Waals surface area contributed by atoms with E-state index in [0.29, 0.717) is 44.4 Å². The van der Waals surface area contributed by atoms with Crippen molar-refractivity contribution in [2.24, 2.45) is 39.4 Å². The maximum Gasteiger partial charge on any atom is 0.324 e. The van der Waals surface area contributed by atoms with E-state index in [1.807, 2.05) is 6.92 Å². The molecule has 17 atom stereocenters. The SMILES string of the molecule is CC(C)CCC[C@]1(C)OC(=O)[C@]23C(=O)C=C4[C@@H](CC[C@H]5C(C)(C)[C@@H](O[C@@H]6OC[C@@H](OS(=O)(=O)[O-])[C@H](O)[C@H]6O[C@@H]6O[C@H](C)[C@@H](O)[C@H](O)[C@H]6O)CC[C@]45C)[C@]2(C)CC[C@@]31O. The van der Waals surface area contributed by atoms with Gasteiger partial charge < -0.3 is 53.8 Å². The van der Waals surface area contributed by atoms with Gasteiger partial charge in [0.1, 0.15) is 47.8 Å². The van der Waals surface area contributed by atoms with E-state index in [2.05, 4.69) is 38.8 Å². The normalized spacial score (nSPS) is 50.1. The lowest BCUT2D eigenvalue weighted by Gasteiger charge is -2.63. The van der Waals surface area contributed by atoms with Crippen molar-refractivity contribution >= 4 is 22.2 Å². The number of esters is 1. The summed E-state index contributed by atoms with van der Waals surface area (Å²) >= 11 is 0. The third kappa shape index (κ3) is 6.42. The van der Waals surface area contributed by atoms with Gasteiger partial charge in [0.2, 0.25) is 10.4 Å². The average molecular weight is 844 g/mol. The Morgan fingerprint density at radius 3 is 2.26 bits per heavy atom. The van der Waals surface area contributed by atoms with Gasteiger partial charge in [0.15, 0.2) is 23.8 Å². The van der Waals surface area contributed by atoms with Crippen molar-refractivity contribution < 1.29 is 76.0 Å². The minimum Gasteiger partial charge on any atom is -0.726 e. The Labute approximate surface area is 340 Å². The molecule has 58 heavy (non-hydrogen) atoms. The third-order valence-corrected chi connectivity index (χ3v) is 16.6. The molecule has 7 rings (SSSR count). The van der Waals surface area contributed by atoms with Crippen LogP contribution in [0.15, 0.2) is 11.6 Å². The highest BCUT2D eigenvalue weighted by Gasteiger charge is 2.86. The molecular formula is C41H63O16S-. The molecule has 0 amide bonds. The van der Waals surface area contributed by atoms with Crippen LogP contribution in [0.1, 0.15) is 113 Å². The number of hydrogen-bond acceptors (Lipinski definition) is 16. The van der Waals surface area contributed by atoms with E-state index in [0.717, 1.165) is 18.4 Å². The lowest BCUT2D eigenvalue weighted by molar-refractivity contribution is -0.362. The average Bonchev–Trinajstić information content (AvgIpc) is 3.48. The molecule has 17 heteroatoms. The van der Waals surface area contributed by atoms with Crippen molar-refractivity contribution in [2.45, 2.75) is 186 Å². The maximum atomic E-state index is 14.8. The lowest BCUT2D eigenvalue weighted by Crippen LogP contribution is -2.67. The number of cyclic esters (lactones) is 1. The molecule has 0 bridgehead atoms. The molecule has 3 saturated heterocycles. The summed E-state index contributed by atoms with van der Waals surface area (Å²) in [6, 6.07) is 0. The lowest BCUT2D eigenvalue weighted by atomic mass is 9.40. The molecule has 3 heterocycles. The van der Waals surface area contributed by atoms with Crippen LogP contribution in [0.2, 0.25) is 0 Å². The fourth-order valence-corrected chi connectivity index (χ4v) is 13.4. The Morgan fingerprint density at radius 1 is 0.914 bits per heavy atom. The summed E-state index contributed by atoms with van der Waals surface area (Å²) in [5.74, 6) is -0.793. The van der Waals surface area contributed by atoms with Crippen molar-refractivity contribution in [3.05, 3.63) is 11.6 Å². The molecule has 3 saturated carbocycles. The standard InChI is InChI=1S/C41H64O16S/c1-20(2)10-9-14-39(8)40(48)17-16-38(7)22-11-12-25-36(4,5)27(13-15-37(25,6)23(22)18-26(42)41(38,40)35(47)56-39)54-34-32(29(44)24(19-52-34)57-58(49,50)51)55-33-31(46)30(45)28(43)21(3)53-33/h18,20-22,24-25,27-34,43-46,48H,9-17,19H2,1-8H3,(H,49,50,51)/p-1/t21-,22-,24-,25+,27+,28-,29+,30+,31-,32-,33+,34+,37-,38+,39+,40+,41-/m1/s1. The van der Waals surface area contributed by atoms with E-state index in [-0.39, 0.29) is 18.3 Å².